The Labute approximate surface area is 185 Å². The third-order valence-corrected chi connectivity index (χ3v) is 6.75. The molecule has 0 N–H and O–H groups in total. The zero-order valence-corrected chi connectivity index (χ0v) is 17.7. The van der Waals surface area contributed by atoms with Crippen molar-refractivity contribution in [2.24, 2.45) is 0 Å². The Hall–Kier alpha value is -4.10. The van der Waals surface area contributed by atoms with Crippen molar-refractivity contribution in [1.82, 2.24) is 0 Å². The normalized spacial score (nSPS) is 11.9. The fourth-order valence-electron chi connectivity index (χ4n) is 5.32. The number of aryl methyl sites for hydroxylation is 1. The van der Waals surface area contributed by atoms with Crippen molar-refractivity contribution in [1.29, 1.82) is 0 Å². The third kappa shape index (κ3) is 2.34. The summed E-state index contributed by atoms with van der Waals surface area (Å²) in [4.78, 5) is 0. The second kappa shape index (κ2) is 6.45. The molecule has 0 amide bonds. The number of benzene rings is 6. The Bertz CT molecular complexity index is 1820. The predicted molar refractivity (Wildman–Crippen MR) is 136 cm³/mol. The lowest BCUT2D eigenvalue weighted by atomic mass is 9.90. The summed E-state index contributed by atoms with van der Waals surface area (Å²) in [5, 5.41) is 9.92. The summed E-state index contributed by atoms with van der Waals surface area (Å²) in [6.45, 7) is 2.20. The number of rotatable bonds is 1. The molecular formula is C31H20O. The maximum atomic E-state index is 6.50. The number of para-hydroxylation sites is 1. The lowest BCUT2D eigenvalue weighted by molar-refractivity contribution is 0.673. The third-order valence-electron chi connectivity index (χ3n) is 6.75. The number of fused-ring (bicyclic) bond motifs is 10. The fourth-order valence-corrected chi connectivity index (χ4v) is 5.32. The SMILES string of the molecule is Cc1cc2c3ccc(-c4ccccc4)cc3c3ccccc3c2c2oc3ccccc3c12. The summed E-state index contributed by atoms with van der Waals surface area (Å²) < 4.78 is 6.50. The van der Waals surface area contributed by atoms with Crippen molar-refractivity contribution < 1.29 is 4.42 Å². The second-order valence-electron chi connectivity index (χ2n) is 8.59. The highest BCUT2D eigenvalue weighted by Crippen LogP contribution is 2.43. The molecule has 0 fully saturated rings. The molecule has 1 aromatic heterocycles. The van der Waals surface area contributed by atoms with Crippen molar-refractivity contribution in [3.8, 4) is 11.1 Å². The van der Waals surface area contributed by atoms with E-state index in [0.717, 1.165) is 11.2 Å². The van der Waals surface area contributed by atoms with E-state index < -0.39 is 0 Å². The zero-order chi connectivity index (χ0) is 21.2. The molecule has 150 valence electrons. The first-order chi connectivity index (χ1) is 15.8. The minimum absolute atomic E-state index is 0.946. The summed E-state index contributed by atoms with van der Waals surface area (Å²) in [7, 11) is 0. The van der Waals surface area contributed by atoms with Crippen LogP contribution in [0.25, 0.3) is 65.4 Å². The predicted octanol–water partition coefficient (Wildman–Crippen LogP) is 9.02. The van der Waals surface area contributed by atoms with Gasteiger partial charge in [-0.3, -0.25) is 0 Å². The van der Waals surface area contributed by atoms with Crippen LogP contribution in [-0.2, 0) is 0 Å². The first-order valence-corrected chi connectivity index (χ1v) is 11.0. The minimum Gasteiger partial charge on any atom is -0.455 e. The molecule has 32 heavy (non-hydrogen) atoms. The molecule has 0 aliphatic carbocycles. The first-order valence-electron chi connectivity index (χ1n) is 11.0. The molecule has 0 aliphatic rings. The maximum Gasteiger partial charge on any atom is 0.144 e. The van der Waals surface area contributed by atoms with E-state index in [-0.39, 0.29) is 0 Å². The van der Waals surface area contributed by atoms with Crippen LogP contribution in [0.15, 0.2) is 108 Å². The summed E-state index contributed by atoms with van der Waals surface area (Å²) in [5.41, 5.74) is 5.67. The highest BCUT2D eigenvalue weighted by molar-refractivity contribution is 6.33. The van der Waals surface area contributed by atoms with Gasteiger partial charge in [0.15, 0.2) is 0 Å². The minimum atomic E-state index is 0.946. The van der Waals surface area contributed by atoms with Crippen molar-refractivity contribution >= 4 is 54.3 Å². The van der Waals surface area contributed by atoms with Gasteiger partial charge in [0, 0.05) is 16.2 Å². The molecular weight excluding hydrogens is 388 g/mol. The highest BCUT2D eigenvalue weighted by Gasteiger charge is 2.18. The van der Waals surface area contributed by atoms with E-state index in [4.69, 9.17) is 4.42 Å². The molecule has 1 heteroatoms. The Morgan fingerprint density at radius 3 is 2.00 bits per heavy atom. The lowest BCUT2D eigenvalue weighted by Crippen LogP contribution is -1.87. The lowest BCUT2D eigenvalue weighted by Gasteiger charge is -2.13. The molecule has 0 bridgehead atoms. The molecule has 1 heterocycles. The summed E-state index contributed by atoms with van der Waals surface area (Å²) in [5.74, 6) is 0. The average molecular weight is 409 g/mol. The van der Waals surface area contributed by atoms with E-state index in [1.807, 2.05) is 6.07 Å². The Balaban J connectivity index is 1.71. The van der Waals surface area contributed by atoms with Gasteiger partial charge >= 0.3 is 0 Å². The monoisotopic (exact) mass is 408 g/mol. The van der Waals surface area contributed by atoms with Crippen LogP contribution < -0.4 is 0 Å². The molecule has 0 atom stereocenters. The van der Waals surface area contributed by atoms with Gasteiger partial charge < -0.3 is 4.42 Å². The summed E-state index contributed by atoms with van der Waals surface area (Å²) >= 11 is 0. The molecule has 7 rings (SSSR count). The molecule has 0 saturated carbocycles. The van der Waals surface area contributed by atoms with Gasteiger partial charge in [-0.1, -0.05) is 84.9 Å². The average Bonchev–Trinajstić information content (AvgIpc) is 3.24. The van der Waals surface area contributed by atoms with Crippen LogP contribution in [0.4, 0.5) is 0 Å². The highest BCUT2D eigenvalue weighted by atomic mass is 16.3. The Morgan fingerprint density at radius 2 is 1.16 bits per heavy atom. The van der Waals surface area contributed by atoms with E-state index in [1.54, 1.807) is 0 Å². The van der Waals surface area contributed by atoms with Crippen LogP contribution in [0.3, 0.4) is 0 Å². The van der Waals surface area contributed by atoms with E-state index in [9.17, 15) is 0 Å². The quantitative estimate of drug-likeness (QED) is 0.247. The van der Waals surface area contributed by atoms with Gasteiger partial charge in [0.2, 0.25) is 0 Å². The first kappa shape index (κ1) is 17.6. The number of hydrogen-bond donors (Lipinski definition) is 0. The van der Waals surface area contributed by atoms with E-state index in [1.165, 1.54) is 59.8 Å². The molecule has 0 aliphatic heterocycles. The smallest absolute Gasteiger partial charge is 0.144 e. The number of hydrogen-bond acceptors (Lipinski definition) is 1. The molecule has 7 aromatic rings. The standard InChI is InChI=1S/C31H20O/c1-19-17-27-23-16-15-21(20-9-3-2-4-10-20)18-26(23)22-11-5-6-12-24(22)30(27)31-29(19)25-13-7-8-14-28(25)32-31/h2-18H,1H3. The molecule has 1 nitrogen and oxygen atoms in total. The molecule has 6 aromatic carbocycles. The van der Waals surface area contributed by atoms with Crippen LogP contribution in [0.1, 0.15) is 5.56 Å². The molecule has 0 radical (unpaired) electrons. The zero-order valence-electron chi connectivity index (χ0n) is 17.7. The van der Waals surface area contributed by atoms with Gasteiger partial charge in [0.05, 0.1) is 0 Å². The fraction of sp³-hybridized carbons (Fsp3) is 0.0323. The molecule has 0 saturated heterocycles. The van der Waals surface area contributed by atoms with E-state index in [2.05, 4.69) is 104 Å². The van der Waals surface area contributed by atoms with Crippen LogP contribution in [0.5, 0.6) is 0 Å². The van der Waals surface area contributed by atoms with Gasteiger partial charge in [0.25, 0.3) is 0 Å². The largest absolute Gasteiger partial charge is 0.455 e. The van der Waals surface area contributed by atoms with Crippen molar-refractivity contribution in [2.45, 2.75) is 6.92 Å². The van der Waals surface area contributed by atoms with Crippen LogP contribution in [0, 0.1) is 6.92 Å². The van der Waals surface area contributed by atoms with Gasteiger partial charge in [0.1, 0.15) is 11.2 Å². The van der Waals surface area contributed by atoms with Gasteiger partial charge in [-0.25, -0.2) is 0 Å². The van der Waals surface area contributed by atoms with Crippen LogP contribution >= 0.6 is 0 Å². The Morgan fingerprint density at radius 1 is 0.469 bits per heavy atom. The summed E-state index contributed by atoms with van der Waals surface area (Å²) in [6, 6.07) is 36.9. The maximum absolute atomic E-state index is 6.50. The van der Waals surface area contributed by atoms with Crippen molar-refractivity contribution in [3.63, 3.8) is 0 Å². The molecule has 0 spiro atoms. The topological polar surface area (TPSA) is 13.1 Å². The van der Waals surface area contributed by atoms with Crippen molar-refractivity contribution in [3.05, 3.63) is 109 Å². The molecule has 0 unspecified atom stereocenters. The van der Waals surface area contributed by atoms with E-state index >= 15 is 0 Å². The van der Waals surface area contributed by atoms with E-state index in [0.29, 0.717) is 0 Å². The number of furan rings is 1. The van der Waals surface area contributed by atoms with Crippen LogP contribution in [-0.4, -0.2) is 0 Å². The van der Waals surface area contributed by atoms with Crippen LogP contribution in [0.2, 0.25) is 0 Å². The Kier molecular flexibility index (Phi) is 3.54. The van der Waals surface area contributed by atoms with Gasteiger partial charge in [-0.15, -0.1) is 0 Å². The van der Waals surface area contributed by atoms with Gasteiger partial charge in [-0.05, 0) is 68.7 Å². The van der Waals surface area contributed by atoms with Crippen molar-refractivity contribution in [2.75, 3.05) is 0 Å². The summed E-state index contributed by atoms with van der Waals surface area (Å²) in [6.07, 6.45) is 0. The van der Waals surface area contributed by atoms with Gasteiger partial charge in [-0.2, -0.15) is 0 Å². The second-order valence-corrected chi connectivity index (χ2v) is 8.59.